The third-order valence-electron chi connectivity index (χ3n) is 3.55. The lowest BCUT2D eigenvalue weighted by molar-refractivity contribution is -0.108. The zero-order valence-electron chi connectivity index (χ0n) is 10.8. The van der Waals surface area contributed by atoms with Gasteiger partial charge < -0.3 is 14.6 Å². The maximum absolute atomic E-state index is 9.05. The van der Waals surface area contributed by atoms with Crippen LogP contribution in [0.4, 0.5) is 0 Å². The Kier molecular flexibility index (Phi) is 5.65. The highest BCUT2D eigenvalue weighted by atomic mass is 16.7. The molecule has 0 unspecified atom stereocenters. The van der Waals surface area contributed by atoms with E-state index in [0.29, 0.717) is 32.0 Å². The van der Waals surface area contributed by atoms with Crippen molar-refractivity contribution in [2.75, 3.05) is 13.4 Å². The third-order valence-corrected chi connectivity index (χ3v) is 3.55. The molecule has 1 fully saturated rings. The summed E-state index contributed by atoms with van der Waals surface area (Å²) in [5.74, 6) is 0.482. The van der Waals surface area contributed by atoms with E-state index >= 15 is 0 Å². The summed E-state index contributed by atoms with van der Waals surface area (Å²) in [6.07, 6.45) is 4.53. The number of aliphatic hydroxyl groups is 1. The van der Waals surface area contributed by atoms with Crippen LogP contribution in [0, 0.1) is 5.92 Å². The third kappa shape index (κ3) is 4.41. The first kappa shape index (κ1) is 13.5. The van der Waals surface area contributed by atoms with E-state index in [2.05, 4.69) is 0 Å². The Morgan fingerprint density at radius 1 is 1.06 bits per heavy atom. The van der Waals surface area contributed by atoms with Crippen molar-refractivity contribution in [3.8, 4) is 0 Å². The van der Waals surface area contributed by atoms with Gasteiger partial charge in [0, 0.05) is 6.61 Å². The summed E-state index contributed by atoms with van der Waals surface area (Å²) < 4.78 is 11.2. The van der Waals surface area contributed by atoms with Crippen LogP contribution in [0.1, 0.15) is 31.2 Å². The van der Waals surface area contributed by atoms with E-state index in [-0.39, 0.29) is 0 Å². The Morgan fingerprint density at radius 2 is 1.78 bits per heavy atom. The molecule has 0 atom stereocenters. The molecule has 0 radical (unpaired) electrons. The van der Waals surface area contributed by atoms with Gasteiger partial charge in [-0.3, -0.25) is 0 Å². The largest absolute Gasteiger partial charge is 0.396 e. The molecular weight excluding hydrogens is 228 g/mol. The molecule has 1 aromatic rings. The van der Waals surface area contributed by atoms with Gasteiger partial charge in [0.2, 0.25) is 0 Å². The quantitative estimate of drug-likeness (QED) is 0.623. The summed E-state index contributed by atoms with van der Waals surface area (Å²) in [4.78, 5) is 0. The van der Waals surface area contributed by atoms with Crippen LogP contribution in [0.2, 0.25) is 0 Å². The lowest BCUT2D eigenvalue weighted by Crippen LogP contribution is -2.24. The highest BCUT2D eigenvalue weighted by molar-refractivity contribution is 5.13. The molecule has 1 aliphatic carbocycles. The molecule has 1 saturated carbocycles. The molecule has 1 aliphatic rings. The second-order valence-corrected chi connectivity index (χ2v) is 4.94. The molecule has 0 amide bonds. The first-order chi connectivity index (χ1) is 8.88. The fourth-order valence-electron chi connectivity index (χ4n) is 2.36. The number of benzene rings is 1. The van der Waals surface area contributed by atoms with Gasteiger partial charge in [-0.1, -0.05) is 30.3 Å². The van der Waals surface area contributed by atoms with Crippen LogP contribution in [0.5, 0.6) is 0 Å². The Balaban J connectivity index is 1.56. The summed E-state index contributed by atoms with van der Waals surface area (Å²) in [6.45, 7) is 1.29. The summed E-state index contributed by atoms with van der Waals surface area (Å²) in [5, 5.41) is 9.05. The molecule has 0 aromatic heterocycles. The van der Waals surface area contributed by atoms with Crippen molar-refractivity contribution in [2.24, 2.45) is 5.92 Å². The number of hydrogen-bond acceptors (Lipinski definition) is 3. The minimum atomic E-state index is 0.309. The van der Waals surface area contributed by atoms with Crippen LogP contribution >= 0.6 is 0 Å². The molecule has 0 bridgehead atoms. The molecule has 0 heterocycles. The zero-order chi connectivity index (χ0) is 12.6. The van der Waals surface area contributed by atoms with Gasteiger partial charge in [0.1, 0.15) is 6.79 Å². The van der Waals surface area contributed by atoms with Crippen LogP contribution < -0.4 is 0 Å². The standard InChI is InChI=1S/C15H22O3/c16-10-13-6-8-15(9-7-13)18-12-17-11-14-4-2-1-3-5-14/h1-5,13,15-16H,6-12H2. The van der Waals surface area contributed by atoms with Gasteiger partial charge in [-0.15, -0.1) is 0 Å². The van der Waals surface area contributed by atoms with Crippen LogP contribution in [-0.2, 0) is 16.1 Å². The van der Waals surface area contributed by atoms with Crippen molar-refractivity contribution in [2.45, 2.75) is 38.4 Å². The van der Waals surface area contributed by atoms with E-state index < -0.39 is 0 Å². The molecule has 18 heavy (non-hydrogen) atoms. The Bertz CT molecular complexity index is 318. The van der Waals surface area contributed by atoms with Crippen molar-refractivity contribution in [3.05, 3.63) is 35.9 Å². The average molecular weight is 250 g/mol. The Labute approximate surface area is 109 Å². The zero-order valence-corrected chi connectivity index (χ0v) is 10.8. The van der Waals surface area contributed by atoms with Crippen molar-refractivity contribution in [1.29, 1.82) is 0 Å². The van der Waals surface area contributed by atoms with Crippen LogP contribution in [0.25, 0.3) is 0 Å². The van der Waals surface area contributed by atoms with Gasteiger partial charge in [-0.2, -0.15) is 0 Å². The predicted octanol–water partition coefficient (Wildman–Crippen LogP) is 2.73. The van der Waals surface area contributed by atoms with Gasteiger partial charge in [0.15, 0.2) is 0 Å². The molecule has 1 aromatic carbocycles. The molecular formula is C15H22O3. The van der Waals surface area contributed by atoms with Crippen LogP contribution in [0.15, 0.2) is 30.3 Å². The van der Waals surface area contributed by atoms with Crippen molar-refractivity contribution in [3.63, 3.8) is 0 Å². The van der Waals surface area contributed by atoms with E-state index in [4.69, 9.17) is 14.6 Å². The maximum Gasteiger partial charge on any atom is 0.147 e. The van der Waals surface area contributed by atoms with E-state index in [1.807, 2.05) is 30.3 Å². The maximum atomic E-state index is 9.05. The monoisotopic (exact) mass is 250 g/mol. The number of aliphatic hydroxyl groups excluding tert-OH is 1. The molecule has 0 aliphatic heterocycles. The SMILES string of the molecule is OCC1CCC(OCOCc2ccccc2)CC1. The number of hydrogen-bond donors (Lipinski definition) is 1. The summed E-state index contributed by atoms with van der Waals surface area (Å²) >= 11 is 0. The van der Waals surface area contributed by atoms with Crippen molar-refractivity contribution < 1.29 is 14.6 Å². The second kappa shape index (κ2) is 7.52. The minimum Gasteiger partial charge on any atom is -0.396 e. The fourth-order valence-corrected chi connectivity index (χ4v) is 2.36. The second-order valence-electron chi connectivity index (χ2n) is 4.94. The van der Waals surface area contributed by atoms with Crippen LogP contribution in [-0.4, -0.2) is 24.6 Å². The number of rotatable bonds is 6. The molecule has 0 spiro atoms. The van der Waals surface area contributed by atoms with Gasteiger partial charge in [-0.05, 0) is 37.2 Å². The van der Waals surface area contributed by atoms with Gasteiger partial charge in [0.05, 0.1) is 12.7 Å². The highest BCUT2D eigenvalue weighted by Gasteiger charge is 2.20. The minimum absolute atomic E-state index is 0.309. The van der Waals surface area contributed by atoms with Crippen LogP contribution in [0.3, 0.4) is 0 Å². The summed E-state index contributed by atoms with van der Waals surface area (Å²) in [5.41, 5.74) is 1.17. The molecule has 1 N–H and O–H groups in total. The van der Waals surface area contributed by atoms with E-state index in [1.54, 1.807) is 0 Å². The fraction of sp³-hybridized carbons (Fsp3) is 0.600. The first-order valence-corrected chi connectivity index (χ1v) is 6.72. The average Bonchev–Trinajstić information content (AvgIpc) is 2.45. The Hall–Kier alpha value is -0.900. The van der Waals surface area contributed by atoms with E-state index in [1.165, 1.54) is 5.56 Å². The summed E-state index contributed by atoms with van der Waals surface area (Å²) in [6, 6.07) is 10.1. The first-order valence-electron chi connectivity index (χ1n) is 6.72. The molecule has 3 heteroatoms. The molecule has 0 saturated heterocycles. The lowest BCUT2D eigenvalue weighted by atomic mass is 9.88. The van der Waals surface area contributed by atoms with E-state index in [0.717, 1.165) is 25.7 Å². The van der Waals surface area contributed by atoms with Gasteiger partial charge >= 0.3 is 0 Å². The normalized spacial score (nSPS) is 24.1. The van der Waals surface area contributed by atoms with Gasteiger partial charge in [-0.25, -0.2) is 0 Å². The smallest absolute Gasteiger partial charge is 0.147 e. The summed E-state index contributed by atoms with van der Waals surface area (Å²) in [7, 11) is 0. The lowest BCUT2D eigenvalue weighted by Gasteiger charge is -2.27. The highest BCUT2D eigenvalue weighted by Crippen LogP contribution is 2.25. The van der Waals surface area contributed by atoms with Gasteiger partial charge in [0.25, 0.3) is 0 Å². The Morgan fingerprint density at radius 3 is 2.44 bits per heavy atom. The van der Waals surface area contributed by atoms with Crippen molar-refractivity contribution >= 4 is 0 Å². The number of ether oxygens (including phenoxy) is 2. The van der Waals surface area contributed by atoms with Crippen molar-refractivity contribution in [1.82, 2.24) is 0 Å². The molecule has 3 nitrogen and oxygen atoms in total. The topological polar surface area (TPSA) is 38.7 Å². The molecule has 2 rings (SSSR count). The molecule has 100 valence electrons. The van der Waals surface area contributed by atoms with E-state index in [9.17, 15) is 0 Å². The predicted molar refractivity (Wildman–Crippen MR) is 70.0 cm³/mol.